The lowest BCUT2D eigenvalue weighted by Crippen LogP contribution is -2.56. The molecule has 0 heterocycles. The van der Waals surface area contributed by atoms with Gasteiger partial charge in [0.05, 0.1) is 0 Å². The molecule has 14 heavy (non-hydrogen) atoms. The van der Waals surface area contributed by atoms with Gasteiger partial charge in [-0.2, -0.15) is 0 Å². The summed E-state index contributed by atoms with van der Waals surface area (Å²) in [5.74, 6) is 1.55. The predicted octanol–water partition coefficient (Wildman–Crippen LogP) is 1.56. The van der Waals surface area contributed by atoms with Crippen LogP contribution in [0.5, 0.6) is 0 Å². The van der Waals surface area contributed by atoms with Crippen LogP contribution in [0, 0.1) is 22.7 Å². The van der Waals surface area contributed by atoms with Gasteiger partial charge in [0.1, 0.15) is 0 Å². The molecule has 4 rings (SSSR count). The molecule has 0 aromatic heterocycles. The van der Waals surface area contributed by atoms with E-state index in [1.807, 2.05) is 0 Å². The van der Waals surface area contributed by atoms with Gasteiger partial charge in [-0.15, -0.1) is 0 Å². The van der Waals surface area contributed by atoms with Crippen molar-refractivity contribution in [3.05, 3.63) is 0 Å². The van der Waals surface area contributed by atoms with E-state index in [0.717, 1.165) is 18.3 Å². The van der Waals surface area contributed by atoms with E-state index >= 15 is 0 Å². The fourth-order valence-electron chi connectivity index (χ4n) is 4.88. The highest BCUT2D eigenvalue weighted by atomic mass is 16.3. The van der Waals surface area contributed by atoms with Crippen molar-refractivity contribution in [2.24, 2.45) is 22.7 Å². The van der Waals surface area contributed by atoms with E-state index in [9.17, 15) is 10.2 Å². The third-order valence-corrected chi connectivity index (χ3v) is 5.63. The molecule has 0 radical (unpaired) electrons. The van der Waals surface area contributed by atoms with Gasteiger partial charge >= 0.3 is 0 Å². The molecule has 0 aromatic carbocycles. The van der Waals surface area contributed by atoms with Gasteiger partial charge in [0.25, 0.3) is 0 Å². The maximum Gasteiger partial charge on any atom is 0.0496 e. The second-order valence-electron chi connectivity index (χ2n) is 5.77. The number of aliphatic hydroxyl groups excluding tert-OH is 2. The van der Waals surface area contributed by atoms with E-state index in [1.165, 1.54) is 32.1 Å². The number of rotatable bonds is 2. The Labute approximate surface area is 85.3 Å². The molecule has 4 unspecified atom stereocenters. The first kappa shape index (κ1) is 9.17. The highest BCUT2D eigenvalue weighted by molar-refractivity contribution is 5.20. The van der Waals surface area contributed by atoms with Crippen molar-refractivity contribution < 1.29 is 10.2 Å². The molecule has 2 heteroatoms. The summed E-state index contributed by atoms with van der Waals surface area (Å²) in [6.45, 7) is 0.620. The van der Waals surface area contributed by atoms with E-state index in [-0.39, 0.29) is 10.8 Å². The zero-order valence-corrected chi connectivity index (χ0v) is 8.71. The first-order valence-corrected chi connectivity index (χ1v) is 6.00. The van der Waals surface area contributed by atoms with Gasteiger partial charge in [0, 0.05) is 24.0 Å². The predicted molar refractivity (Wildman–Crippen MR) is 53.7 cm³/mol. The summed E-state index contributed by atoms with van der Waals surface area (Å²) < 4.78 is 0. The molecule has 0 spiro atoms. The Balaban J connectivity index is 1.98. The summed E-state index contributed by atoms with van der Waals surface area (Å²) in [6.07, 6.45) is 7.47. The Morgan fingerprint density at radius 3 is 2.64 bits per heavy atom. The SMILES string of the molecule is OCC12CC3CCCCC1(CO)C3C2. The van der Waals surface area contributed by atoms with Crippen molar-refractivity contribution in [1.82, 2.24) is 0 Å². The lowest BCUT2D eigenvalue weighted by Gasteiger charge is -2.57. The molecular formula is C12H20O2. The van der Waals surface area contributed by atoms with Gasteiger partial charge in [0.2, 0.25) is 0 Å². The molecule has 0 saturated heterocycles. The molecule has 4 fully saturated rings. The van der Waals surface area contributed by atoms with Crippen LogP contribution in [0.25, 0.3) is 0 Å². The summed E-state index contributed by atoms with van der Waals surface area (Å²) >= 11 is 0. The van der Waals surface area contributed by atoms with Gasteiger partial charge < -0.3 is 10.2 Å². The maximum atomic E-state index is 9.68. The Bertz CT molecular complexity index is 253. The lowest BCUT2D eigenvalue weighted by molar-refractivity contribution is -0.151. The lowest BCUT2D eigenvalue weighted by atomic mass is 9.48. The molecule has 4 aliphatic carbocycles. The summed E-state index contributed by atoms with van der Waals surface area (Å²) in [7, 11) is 0. The minimum absolute atomic E-state index is 0.123. The Morgan fingerprint density at radius 2 is 1.93 bits per heavy atom. The summed E-state index contributed by atoms with van der Waals surface area (Å²) in [4.78, 5) is 0. The third kappa shape index (κ3) is 0.772. The highest BCUT2D eigenvalue weighted by Crippen LogP contribution is 2.76. The number of aliphatic hydroxyl groups is 2. The second kappa shape index (κ2) is 2.73. The van der Waals surface area contributed by atoms with Gasteiger partial charge in [-0.05, 0) is 31.1 Å². The highest BCUT2D eigenvalue weighted by Gasteiger charge is 2.71. The Morgan fingerprint density at radius 1 is 1.07 bits per heavy atom. The van der Waals surface area contributed by atoms with Crippen LogP contribution in [0.3, 0.4) is 0 Å². The van der Waals surface area contributed by atoms with Crippen LogP contribution in [0.1, 0.15) is 38.5 Å². The monoisotopic (exact) mass is 196 g/mol. The summed E-state index contributed by atoms with van der Waals surface area (Å²) in [5, 5.41) is 19.3. The Hall–Kier alpha value is -0.0800. The summed E-state index contributed by atoms with van der Waals surface area (Å²) in [5.41, 5.74) is 0.250. The van der Waals surface area contributed by atoms with E-state index in [4.69, 9.17) is 0 Å². The quantitative estimate of drug-likeness (QED) is 0.703. The molecular weight excluding hydrogens is 176 g/mol. The molecule has 0 aliphatic heterocycles. The smallest absolute Gasteiger partial charge is 0.0496 e. The van der Waals surface area contributed by atoms with E-state index in [1.54, 1.807) is 0 Å². The molecule has 4 saturated carbocycles. The third-order valence-electron chi connectivity index (χ3n) is 5.63. The molecule has 2 N–H and O–H groups in total. The van der Waals surface area contributed by atoms with Crippen LogP contribution >= 0.6 is 0 Å². The zero-order chi connectivity index (χ0) is 9.81. The fraction of sp³-hybridized carbons (Fsp3) is 1.00. The standard InChI is InChI=1S/C12H20O2/c13-7-11-5-9-3-1-2-4-12(11,8-14)10(9)6-11/h9-10,13-14H,1-8H2. The van der Waals surface area contributed by atoms with Gasteiger partial charge in [-0.25, -0.2) is 0 Å². The first-order valence-electron chi connectivity index (χ1n) is 6.00. The Kier molecular flexibility index (Phi) is 1.79. The molecule has 0 amide bonds. The molecule has 4 bridgehead atoms. The molecule has 4 aliphatic rings. The van der Waals surface area contributed by atoms with E-state index in [2.05, 4.69) is 0 Å². The van der Waals surface area contributed by atoms with Crippen LogP contribution in [0.15, 0.2) is 0 Å². The molecule has 2 nitrogen and oxygen atoms in total. The maximum absolute atomic E-state index is 9.68. The normalized spacial score (nSPS) is 55.3. The zero-order valence-electron chi connectivity index (χ0n) is 8.71. The molecule has 4 atom stereocenters. The number of hydrogen-bond acceptors (Lipinski definition) is 2. The largest absolute Gasteiger partial charge is 0.396 e. The van der Waals surface area contributed by atoms with Crippen LogP contribution in [-0.2, 0) is 0 Å². The van der Waals surface area contributed by atoms with Crippen LogP contribution < -0.4 is 0 Å². The average Bonchev–Trinajstić information content (AvgIpc) is 2.64. The minimum atomic E-state index is 0.123. The fourth-order valence-corrected chi connectivity index (χ4v) is 4.88. The molecule has 80 valence electrons. The van der Waals surface area contributed by atoms with Crippen molar-refractivity contribution in [2.75, 3.05) is 13.2 Å². The van der Waals surface area contributed by atoms with Crippen molar-refractivity contribution in [2.45, 2.75) is 38.5 Å². The van der Waals surface area contributed by atoms with E-state index in [0.29, 0.717) is 13.2 Å². The van der Waals surface area contributed by atoms with Crippen molar-refractivity contribution in [3.8, 4) is 0 Å². The van der Waals surface area contributed by atoms with Gasteiger partial charge in [-0.3, -0.25) is 0 Å². The van der Waals surface area contributed by atoms with Crippen molar-refractivity contribution >= 4 is 0 Å². The van der Waals surface area contributed by atoms with Crippen LogP contribution in [-0.4, -0.2) is 23.4 Å². The topological polar surface area (TPSA) is 40.5 Å². The van der Waals surface area contributed by atoms with Crippen LogP contribution in [0.4, 0.5) is 0 Å². The number of hydrogen-bond donors (Lipinski definition) is 2. The van der Waals surface area contributed by atoms with E-state index < -0.39 is 0 Å². The summed E-state index contributed by atoms with van der Waals surface area (Å²) in [6, 6.07) is 0. The minimum Gasteiger partial charge on any atom is -0.396 e. The van der Waals surface area contributed by atoms with Gasteiger partial charge in [-0.1, -0.05) is 19.3 Å². The second-order valence-corrected chi connectivity index (χ2v) is 5.77. The van der Waals surface area contributed by atoms with Crippen molar-refractivity contribution in [3.63, 3.8) is 0 Å². The first-order chi connectivity index (χ1) is 6.78. The molecule has 0 aromatic rings. The van der Waals surface area contributed by atoms with Gasteiger partial charge in [0.15, 0.2) is 0 Å². The average molecular weight is 196 g/mol. The van der Waals surface area contributed by atoms with Crippen molar-refractivity contribution in [1.29, 1.82) is 0 Å². The van der Waals surface area contributed by atoms with Crippen LogP contribution in [0.2, 0.25) is 0 Å².